The van der Waals surface area contributed by atoms with Crippen LogP contribution in [0, 0.1) is 0 Å². The molecule has 0 radical (unpaired) electrons. The van der Waals surface area contributed by atoms with Crippen LogP contribution in [0.5, 0.6) is 5.75 Å². The van der Waals surface area contributed by atoms with Crippen LogP contribution in [0.3, 0.4) is 0 Å². The van der Waals surface area contributed by atoms with Gasteiger partial charge in [-0.05, 0) is 6.07 Å². The minimum atomic E-state index is -2.45. The normalized spacial score (nSPS) is 10.7. The second-order valence-corrected chi connectivity index (χ2v) is 2.98. The van der Waals surface area contributed by atoms with Crippen LogP contribution in [-0.4, -0.2) is 20.1 Å². The molecule has 0 saturated carbocycles. The van der Waals surface area contributed by atoms with E-state index in [1.807, 2.05) is 0 Å². The molecular weight excluding hydrogens is 204 g/mol. The average Bonchev–Trinajstić information content (AvgIpc) is 2.19. The maximum Gasteiger partial charge on any atom is 0.261 e. The molecule has 0 amide bonds. The van der Waals surface area contributed by atoms with Crippen molar-refractivity contribution in [3.8, 4) is 5.75 Å². The molecule has 84 valence electrons. The highest BCUT2D eigenvalue weighted by atomic mass is 19.3. The topological polar surface area (TPSA) is 44.5 Å². The molecular formula is C10H13F2NO2. The van der Waals surface area contributed by atoms with Crippen molar-refractivity contribution >= 4 is 5.69 Å². The van der Waals surface area contributed by atoms with Gasteiger partial charge < -0.3 is 15.2 Å². The van der Waals surface area contributed by atoms with E-state index >= 15 is 0 Å². The van der Waals surface area contributed by atoms with Crippen molar-refractivity contribution in [2.75, 3.05) is 19.5 Å². The van der Waals surface area contributed by atoms with Crippen LogP contribution in [0.15, 0.2) is 18.2 Å². The molecule has 0 atom stereocenters. The minimum Gasteiger partial charge on any atom is -0.496 e. The SMILES string of the molecule is COc1cc(N)ccc1COCC(F)F. The summed E-state index contributed by atoms with van der Waals surface area (Å²) in [5.41, 5.74) is 6.80. The maximum absolute atomic E-state index is 11.8. The molecule has 0 aliphatic carbocycles. The third-order valence-electron chi connectivity index (χ3n) is 1.81. The molecule has 1 rings (SSSR count). The summed E-state index contributed by atoms with van der Waals surface area (Å²) in [6, 6.07) is 4.99. The molecule has 0 spiro atoms. The highest BCUT2D eigenvalue weighted by Crippen LogP contribution is 2.22. The molecule has 0 unspecified atom stereocenters. The standard InChI is InChI=1S/C10H13F2NO2/c1-14-9-4-8(13)3-2-7(9)5-15-6-10(11)12/h2-4,10H,5-6,13H2,1H3. The molecule has 0 heterocycles. The van der Waals surface area contributed by atoms with Crippen molar-refractivity contribution in [3.05, 3.63) is 23.8 Å². The van der Waals surface area contributed by atoms with Crippen LogP contribution < -0.4 is 10.5 Å². The second-order valence-electron chi connectivity index (χ2n) is 2.98. The van der Waals surface area contributed by atoms with Gasteiger partial charge in [0.1, 0.15) is 12.4 Å². The Labute approximate surface area is 86.8 Å². The number of hydrogen-bond donors (Lipinski definition) is 1. The fourth-order valence-electron chi connectivity index (χ4n) is 1.14. The molecule has 1 aromatic carbocycles. The van der Waals surface area contributed by atoms with Gasteiger partial charge in [0, 0.05) is 17.3 Å². The zero-order valence-electron chi connectivity index (χ0n) is 8.37. The number of hydrogen-bond acceptors (Lipinski definition) is 3. The first kappa shape index (κ1) is 11.7. The van der Waals surface area contributed by atoms with E-state index in [1.165, 1.54) is 7.11 Å². The van der Waals surface area contributed by atoms with E-state index in [2.05, 4.69) is 0 Å². The van der Waals surface area contributed by atoms with Crippen LogP contribution in [-0.2, 0) is 11.3 Å². The van der Waals surface area contributed by atoms with E-state index in [1.54, 1.807) is 18.2 Å². The Morgan fingerprint density at radius 2 is 2.13 bits per heavy atom. The van der Waals surface area contributed by atoms with Gasteiger partial charge >= 0.3 is 0 Å². The summed E-state index contributed by atoms with van der Waals surface area (Å²) in [6.07, 6.45) is -2.45. The van der Waals surface area contributed by atoms with Crippen molar-refractivity contribution in [2.45, 2.75) is 13.0 Å². The number of alkyl halides is 2. The molecule has 1 aromatic rings. The summed E-state index contributed by atoms with van der Waals surface area (Å²) < 4.78 is 33.4. The molecule has 5 heteroatoms. The lowest BCUT2D eigenvalue weighted by Crippen LogP contribution is -2.05. The number of benzene rings is 1. The molecule has 0 fully saturated rings. The average molecular weight is 217 g/mol. The van der Waals surface area contributed by atoms with Gasteiger partial charge in [0.15, 0.2) is 0 Å². The van der Waals surface area contributed by atoms with Gasteiger partial charge in [-0.2, -0.15) is 0 Å². The number of nitrogen functional groups attached to an aromatic ring is 1. The van der Waals surface area contributed by atoms with Crippen molar-refractivity contribution in [2.24, 2.45) is 0 Å². The quantitative estimate of drug-likeness (QED) is 0.768. The third kappa shape index (κ3) is 3.71. The van der Waals surface area contributed by atoms with Gasteiger partial charge in [0.05, 0.1) is 13.7 Å². The first-order valence-electron chi connectivity index (χ1n) is 4.41. The summed E-state index contributed by atoms with van der Waals surface area (Å²) >= 11 is 0. The summed E-state index contributed by atoms with van der Waals surface area (Å²) in [4.78, 5) is 0. The Bertz CT molecular complexity index is 318. The van der Waals surface area contributed by atoms with Gasteiger partial charge in [-0.15, -0.1) is 0 Å². The first-order valence-corrected chi connectivity index (χ1v) is 4.41. The van der Waals surface area contributed by atoms with E-state index in [4.69, 9.17) is 15.2 Å². The molecule has 0 aromatic heterocycles. The van der Waals surface area contributed by atoms with Crippen LogP contribution in [0.2, 0.25) is 0 Å². The summed E-state index contributed by atoms with van der Waals surface area (Å²) in [6.45, 7) is -0.485. The van der Waals surface area contributed by atoms with E-state index in [0.717, 1.165) is 0 Å². The minimum absolute atomic E-state index is 0.0911. The highest BCUT2D eigenvalue weighted by molar-refractivity contribution is 5.48. The molecule has 0 aliphatic heterocycles. The van der Waals surface area contributed by atoms with Crippen molar-refractivity contribution in [3.63, 3.8) is 0 Å². The number of halogens is 2. The van der Waals surface area contributed by atoms with Gasteiger partial charge in [0.2, 0.25) is 0 Å². The molecule has 15 heavy (non-hydrogen) atoms. The van der Waals surface area contributed by atoms with E-state index < -0.39 is 13.0 Å². The van der Waals surface area contributed by atoms with Gasteiger partial charge in [-0.25, -0.2) is 8.78 Å². The molecule has 2 N–H and O–H groups in total. The van der Waals surface area contributed by atoms with Crippen LogP contribution >= 0.6 is 0 Å². The lowest BCUT2D eigenvalue weighted by Gasteiger charge is -2.09. The number of anilines is 1. The smallest absolute Gasteiger partial charge is 0.261 e. The number of ether oxygens (including phenoxy) is 2. The van der Waals surface area contributed by atoms with Crippen LogP contribution in [0.1, 0.15) is 5.56 Å². The van der Waals surface area contributed by atoms with Crippen molar-refractivity contribution < 1.29 is 18.3 Å². The Balaban J connectivity index is 2.60. The van der Waals surface area contributed by atoms with Gasteiger partial charge in [-0.3, -0.25) is 0 Å². The van der Waals surface area contributed by atoms with Gasteiger partial charge in [-0.1, -0.05) is 6.07 Å². The molecule has 0 aliphatic rings. The monoisotopic (exact) mass is 217 g/mol. The fourth-order valence-corrected chi connectivity index (χ4v) is 1.14. The number of nitrogens with two attached hydrogens (primary N) is 1. The Kier molecular flexibility index (Phi) is 4.30. The molecule has 3 nitrogen and oxygen atoms in total. The van der Waals surface area contributed by atoms with E-state index in [-0.39, 0.29) is 6.61 Å². The summed E-state index contributed by atoms with van der Waals surface area (Å²) in [5, 5.41) is 0. The van der Waals surface area contributed by atoms with E-state index in [0.29, 0.717) is 17.0 Å². The Morgan fingerprint density at radius 1 is 1.40 bits per heavy atom. The molecule has 0 saturated heterocycles. The second kappa shape index (κ2) is 5.50. The largest absolute Gasteiger partial charge is 0.496 e. The number of methoxy groups -OCH3 is 1. The Morgan fingerprint density at radius 3 is 2.73 bits per heavy atom. The molecule has 0 bridgehead atoms. The van der Waals surface area contributed by atoms with Crippen LogP contribution in [0.25, 0.3) is 0 Å². The summed E-state index contributed by atoms with van der Waals surface area (Å²) in [5.74, 6) is 0.546. The van der Waals surface area contributed by atoms with Crippen molar-refractivity contribution in [1.29, 1.82) is 0 Å². The van der Waals surface area contributed by atoms with Gasteiger partial charge in [0.25, 0.3) is 6.43 Å². The Hall–Kier alpha value is -1.36. The predicted molar refractivity (Wildman–Crippen MR) is 53.1 cm³/mol. The summed E-state index contributed by atoms with van der Waals surface area (Å²) in [7, 11) is 1.49. The maximum atomic E-state index is 11.8. The van der Waals surface area contributed by atoms with Crippen LogP contribution in [0.4, 0.5) is 14.5 Å². The lowest BCUT2D eigenvalue weighted by molar-refractivity contribution is 0.00933. The highest BCUT2D eigenvalue weighted by Gasteiger charge is 2.06. The first-order chi connectivity index (χ1) is 7.13. The van der Waals surface area contributed by atoms with E-state index in [9.17, 15) is 8.78 Å². The third-order valence-corrected chi connectivity index (χ3v) is 1.81. The zero-order valence-corrected chi connectivity index (χ0v) is 8.37. The fraction of sp³-hybridized carbons (Fsp3) is 0.400. The predicted octanol–water partition coefficient (Wildman–Crippen LogP) is 2.06. The lowest BCUT2D eigenvalue weighted by atomic mass is 10.2. The van der Waals surface area contributed by atoms with Crippen molar-refractivity contribution in [1.82, 2.24) is 0 Å². The number of rotatable bonds is 5. The zero-order chi connectivity index (χ0) is 11.3.